The molecule has 0 saturated carbocycles. The summed E-state index contributed by atoms with van der Waals surface area (Å²) in [6.07, 6.45) is 0. The van der Waals surface area contributed by atoms with Gasteiger partial charge in [-0.3, -0.25) is 0 Å². The van der Waals surface area contributed by atoms with Crippen LogP contribution in [0.15, 0.2) is 0 Å². The van der Waals surface area contributed by atoms with Gasteiger partial charge in [0.1, 0.15) is 0 Å². The second-order valence-electron chi connectivity index (χ2n) is 0.632. The van der Waals surface area contributed by atoms with E-state index in [0.717, 1.165) is 0 Å². The average molecular weight is 188 g/mol. The molecule has 0 aliphatic carbocycles. The zero-order valence-electron chi connectivity index (χ0n) is 2.47. The Morgan fingerprint density at radius 3 is 1.50 bits per heavy atom. The third kappa shape index (κ3) is 11.7. The molecule has 0 bridgehead atoms. The van der Waals surface area contributed by atoms with Crippen LogP contribution in [0.3, 0.4) is 0 Å². The Balaban J connectivity index is 2.32. The molecular formula is C2H6Se2. The molecule has 0 aliphatic heterocycles. The van der Waals surface area contributed by atoms with Crippen LogP contribution in [0.1, 0.15) is 6.92 Å². The molecule has 0 fully saturated rings. The Bertz CT molecular complexity index is 8.75. The molecule has 0 amide bonds. The number of hydrogen-bond donors (Lipinski definition) is 0. The van der Waals surface area contributed by atoms with Crippen molar-refractivity contribution in [2.24, 2.45) is 0 Å². The van der Waals surface area contributed by atoms with Crippen molar-refractivity contribution >= 4 is 32.0 Å². The van der Waals surface area contributed by atoms with E-state index in [1.165, 1.54) is 0 Å². The van der Waals surface area contributed by atoms with E-state index in [2.05, 4.69) is 38.9 Å². The van der Waals surface area contributed by atoms with Gasteiger partial charge in [0.25, 0.3) is 0 Å². The third-order valence-corrected chi connectivity index (χ3v) is 0. The maximum atomic E-state index is 2.51. The third-order valence-electron chi connectivity index (χ3n) is 0. The summed E-state index contributed by atoms with van der Waals surface area (Å²) in [5.41, 5.74) is 0. The topological polar surface area (TPSA) is 0 Å². The van der Waals surface area contributed by atoms with Gasteiger partial charge in [-0.15, -0.1) is 0 Å². The van der Waals surface area contributed by atoms with Crippen molar-refractivity contribution in [1.29, 1.82) is 0 Å². The Morgan fingerprint density at radius 2 is 1.50 bits per heavy atom. The van der Waals surface area contributed by atoms with Crippen molar-refractivity contribution in [2.75, 3.05) is 0 Å². The van der Waals surface area contributed by atoms with E-state index in [1.54, 1.807) is 0 Å². The van der Waals surface area contributed by atoms with E-state index in [0.29, 0.717) is 3.71 Å². The Kier molecular flexibility index (Phi) is 2.88. The molecule has 0 aromatic carbocycles. The van der Waals surface area contributed by atoms with Crippen LogP contribution in [0.25, 0.3) is 0 Å². The van der Waals surface area contributed by atoms with E-state index in [4.69, 9.17) is 0 Å². The van der Waals surface area contributed by atoms with E-state index < -0.39 is 0 Å². The first-order valence-corrected chi connectivity index (χ1v) is 3.26. The zero-order chi connectivity index (χ0) is 3.58. The predicted molar refractivity (Wildman–Crippen MR) is 23.7 cm³/mol. The fourth-order valence-corrected chi connectivity index (χ4v) is 0. The summed E-state index contributed by atoms with van der Waals surface area (Å²) in [4.78, 5) is 0. The molecule has 0 aliphatic rings. The van der Waals surface area contributed by atoms with Crippen molar-refractivity contribution in [3.05, 3.63) is 0 Å². The molecule has 0 unspecified atom stereocenters. The number of rotatable bonds is 0. The monoisotopic (exact) mass is 190 g/mol. The molecule has 26 valence electrons. The average Bonchev–Trinajstić information content (AvgIpc) is 0.811. The summed E-state index contributed by atoms with van der Waals surface area (Å²) in [6, 6.07) is 0. The van der Waals surface area contributed by atoms with Crippen LogP contribution < -0.4 is 0 Å². The first-order chi connectivity index (χ1) is 1.73. The number of hydrogen-bond acceptors (Lipinski definition) is 0. The predicted octanol–water partition coefficient (Wildman–Crippen LogP) is -0.446. The first-order valence-electron chi connectivity index (χ1n) is 1.09. The Labute approximate surface area is 43.0 Å². The van der Waals surface area contributed by atoms with Crippen LogP contribution in [-0.4, -0.2) is 32.0 Å². The van der Waals surface area contributed by atoms with Gasteiger partial charge in [-0.2, -0.15) is 0 Å². The Morgan fingerprint density at radius 1 is 1.50 bits per heavy atom. The molecule has 2 heteroatoms. The molecule has 0 heterocycles. The molecule has 0 atom stereocenters. The molecule has 0 radical (unpaired) electrons. The minimum atomic E-state index is 0.708. The fraction of sp³-hybridized carbons (Fsp3) is 1.00. The molecule has 0 saturated heterocycles. The molecule has 0 aromatic heterocycles. The van der Waals surface area contributed by atoms with Crippen molar-refractivity contribution in [3.63, 3.8) is 0 Å². The van der Waals surface area contributed by atoms with E-state index in [-0.39, 0.29) is 0 Å². The van der Waals surface area contributed by atoms with Gasteiger partial charge in [-0.1, -0.05) is 0 Å². The van der Waals surface area contributed by atoms with Crippen LogP contribution in [0.4, 0.5) is 0 Å². The zero-order valence-corrected chi connectivity index (χ0v) is 6.22. The fourth-order valence-electron chi connectivity index (χ4n) is 0. The molecule has 0 aromatic rings. The molecule has 4 heavy (non-hydrogen) atoms. The summed E-state index contributed by atoms with van der Waals surface area (Å²) in [5.74, 6) is 0. The van der Waals surface area contributed by atoms with E-state index in [1.807, 2.05) is 0 Å². The van der Waals surface area contributed by atoms with Gasteiger partial charge in [0, 0.05) is 0 Å². The van der Waals surface area contributed by atoms with Crippen molar-refractivity contribution in [1.82, 2.24) is 0 Å². The van der Waals surface area contributed by atoms with E-state index in [9.17, 15) is 0 Å². The minimum absolute atomic E-state index is 0.708. The second kappa shape index (κ2) is 2.29. The molecule has 0 spiro atoms. The Hall–Kier alpha value is 1.04. The maximum absolute atomic E-state index is 2.51. The molecule has 0 nitrogen and oxygen atoms in total. The van der Waals surface area contributed by atoms with Crippen molar-refractivity contribution in [2.45, 2.75) is 10.6 Å². The summed E-state index contributed by atoms with van der Waals surface area (Å²) in [6.45, 7) is 2.11. The quantitative estimate of drug-likeness (QED) is 0.452. The second-order valence-corrected chi connectivity index (χ2v) is 5.80. The normalized spacial score (nSPS) is 9.00. The SMILES string of the molecule is CC([SeH])[SeH]. The first kappa shape index (κ1) is 5.04. The van der Waals surface area contributed by atoms with Crippen LogP contribution in [0.5, 0.6) is 0 Å². The van der Waals surface area contributed by atoms with Gasteiger partial charge in [0.2, 0.25) is 0 Å². The van der Waals surface area contributed by atoms with Crippen LogP contribution in [0.2, 0.25) is 3.71 Å². The van der Waals surface area contributed by atoms with Gasteiger partial charge in [0.15, 0.2) is 0 Å². The van der Waals surface area contributed by atoms with Crippen molar-refractivity contribution < 1.29 is 0 Å². The van der Waals surface area contributed by atoms with Gasteiger partial charge in [-0.05, 0) is 0 Å². The molecular weight excluding hydrogens is 182 g/mol. The van der Waals surface area contributed by atoms with Gasteiger partial charge >= 0.3 is 42.7 Å². The summed E-state index contributed by atoms with van der Waals surface area (Å²) in [5, 5.41) is 0. The standard InChI is InChI=1S/C2H6Se2/c1-2(3)4/h2-4H,1H3. The molecule has 0 rings (SSSR count). The summed E-state index contributed by atoms with van der Waals surface area (Å²) >= 11 is 5.01. The van der Waals surface area contributed by atoms with E-state index >= 15 is 0 Å². The van der Waals surface area contributed by atoms with Crippen LogP contribution in [0, 0.1) is 0 Å². The van der Waals surface area contributed by atoms with Crippen LogP contribution in [-0.2, 0) is 0 Å². The molecule has 0 N–H and O–H groups in total. The van der Waals surface area contributed by atoms with Crippen molar-refractivity contribution in [3.8, 4) is 0 Å². The van der Waals surface area contributed by atoms with Crippen LogP contribution >= 0.6 is 0 Å². The summed E-state index contributed by atoms with van der Waals surface area (Å²) < 4.78 is 0.708. The van der Waals surface area contributed by atoms with Gasteiger partial charge < -0.3 is 0 Å². The van der Waals surface area contributed by atoms with Gasteiger partial charge in [-0.25, -0.2) is 0 Å². The summed E-state index contributed by atoms with van der Waals surface area (Å²) in [7, 11) is 0. The van der Waals surface area contributed by atoms with Gasteiger partial charge in [0.05, 0.1) is 0 Å².